The van der Waals surface area contributed by atoms with Crippen LogP contribution in [0.15, 0.2) is 52.3 Å². The molecule has 1 N–H and O–H groups in total. The normalized spacial score (nSPS) is 10.3. The monoisotopic (exact) mass is 303 g/mol. The van der Waals surface area contributed by atoms with E-state index in [1.807, 2.05) is 25.1 Å². The molecule has 6 heteroatoms. The molecule has 0 aliphatic heterocycles. The van der Waals surface area contributed by atoms with Crippen molar-refractivity contribution in [1.29, 1.82) is 0 Å². The smallest absolute Gasteiger partial charge is 0.307 e. The number of nitro benzene ring substituents is 1. The zero-order valence-corrected chi connectivity index (χ0v) is 12.1. The van der Waals surface area contributed by atoms with Gasteiger partial charge in [-0.05, 0) is 36.2 Å². The molecule has 0 fully saturated rings. The number of carboxylic acid groups (broad SMARTS) is 1. The van der Waals surface area contributed by atoms with Crippen LogP contribution in [-0.2, 0) is 11.2 Å². The van der Waals surface area contributed by atoms with Crippen LogP contribution in [0.5, 0.6) is 0 Å². The summed E-state index contributed by atoms with van der Waals surface area (Å²) in [5.41, 5.74) is 1.62. The summed E-state index contributed by atoms with van der Waals surface area (Å²) >= 11 is 1.41. The van der Waals surface area contributed by atoms with Crippen molar-refractivity contribution >= 4 is 23.4 Å². The zero-order chi connectivity index (χ0) is 15.4. The van der Waals surface area contributed by atoms with Crippen LogP contribution in [0.1, 0.15) is 11.1 Å². The molecule has 0 unspecified atom stereocenters. The number of carbonyl (C=O) groups is 1. The number of benzene rings is 2. The third-order valence-corrected chi connectivity index (χ3v) is 3.74. The second-order valence-corrected chi connectivity index (χ2v) is 5.72. The number of carboxylic acids is 1. The van der Waals surface area contributed by atoms with Gasteiger partial charge in [0.05, 0.1) is 11.3 Å². The van der Waals surface area contributed by atoms with Crippen molar-refractivity contribution < 1.29 is 14.8 Å². The van der Waals surface area contributed by atoms with Crippen LogP contribution in [0, 0.1) is 17.0 Å². The van der Waals surface area contributed by atoms with Crippen LogP contribution in [0.3, 0.4) is 0 Å². The average Bonchev–Trinajstić information content (AvgIpc) is 2.39. The van der Waals surface area contributed by atoms with E-state index in [1.54, 1.807) is 12.1 Å². The molecule has 21 heavy (non-hydrogen) atoms. The van der Waals surface area contributed by atoms with Crippen molar-refractivity contribution in [2.24, 2.45) is 0 Å². The SMILES string of the molecule is Cc1cc(Sc2ccc(CC(=O)O)cc2)cc([N+](=O)[O-])c1. The molecule has 0 saturated carbocycles. The lowest BCUT2D eigenvalue weighted by Gasteiger charge is -2.04. The largest absolute Gasteiger partial charge is 0.481 e. The van der Waals surface area contributed by atoms with Gasteiger partial charge in [-0.15, -0.1) is 0 Å². The lowest BCUT2D eigenvalue weighted by molar-refractivity contribution is -0.385. The molecule has 2 aromatic carbocycles. The van der Waals surface area contributed by atoms with Crippen LogP contribution in [0.4, 0.5) is 5.69 Å². The Balaban J connectivity index is 2.18. The van der Waals surface area contributed by atoms with E-state index >= 15 is 0 Å². The fourth-order valence-corrected chi connectivity index (χ4v) is 2.85. The van der Waals surface area contributed by atoms with Gasteiger partial charge in [-0.1, -0.05) is 23.9 Å². The molecule has 0 aromatic heterocycles. The number of hydrogen-bond acceptors (Lipinski definition) is 4. The number of hydrogen-bond donors (Lipinski definition) is 1. The lowest BCUT2D eigenvalue weighted by Crippen LogP contribution is -1.99. The van der Waals surface area contributed by atoms with Gasteiger partial charge in [-0.3, -0.25) is 14.9 Å². The Labute approximate surface area is 125 Å². The van der Waals surface area contributed by atoms with Crippen molar-refractivity contribution in [2.45, 2.75) is 23.1 Å². The minimum atomic E-state index is -0.871. The molecule has 0 heterocycles. The number of aliphatic carboxylic acids is 1. The summed E-state index contributed by atoms with van der Waals surface area (Å²) in [6.07, 6.45) is -0.0130. The molecule has 0 bridgehead atoms. The highest BCUT2D eigenvalue weighted by atomic mass is 32.2. The highest BCUT2D eigenvalue weighted by molar-refractivity contribution is 7.99. The van der Waals surface area contributed by atoms with Gasteiger partial charge in [0.2, 0.25) is 0 Å². The van der Waals surface area contributed by atoms with E-state index in [0.717, 1.165) is 20.9 Å². The van der Waals surface area contributed by atoms with Gasteiger partial charge >= 0.3 is 5.97 Å². The number of aryl methyl sites for hydroxylation is 1. The molecule has 0 saturated heterocycles. The Morgan fingerprint density at radius 1 is 1.19 bits per heavy atom. The molecular formula is C15H13NO4S. The van der Waals surface area contributed by atoms with Crippen LogP contribution in [-0.4, -0.2) is 16.0 Å². The van der Waals surface area contributed by atoms with Crippen LogP contribution < -0.4 is 0 Å². The Morgan fingerprint density at radius 3 is 2.43 bits per heavy atom. The number of rotatable bonds is 5. The van der Waals surface area contributed by atoms with Crippen LogP contribution >= 0.6 is 11.8 Å². The molecule has 2 aromatic rings. The van der Waals surface area contributed by atoms with Gasteiger partial charge in [-0.2, -0.15) is 0 Å². The molecule has 0 aliphatic rings. The van der Waals surface area contributed by atoms with Gasteiger partial charge < -0.3 is 5.11 Å². The first-order valence-corrected chi connectivity index (χ1v) is 7.00. The van der Waals surface area contributed by atoms with E-state index in [1.165, 1.54) is 23.9 Å². The lowest BCUT2D eigenvalue weighted by atomic mass is 10.2. The maximum absolute atomic E-state index is 10.8. The van der Waals surface area contributed by atoms with Gasteiger partial charge in [0.1, 0.15) is 0 Å². The van der Waals surface area contributed by atoms with E-state index in [2.05, 4.69) is 0 Å². The molecule has 2 rings (SSSR count). The second-order valence-electron chi connectivity index (χ2n) is 4.58. The molecule has 108 valence electrons. The highest BCUT2D eigenvalue weighted by Crippen LogP contribution is 2.31. The van der Waals surface area contributed by atoms with Gasteiger partial charge in [0, 0.05) is 21.9 Å². The van der Waals surface area contributed by atoms with Crippen LogP contribution in [0.25, 0.3) is 0 Å². The van der Waals surface area contributed by atoms with Crippen molar-refractivity contribution in [1.82, 2.24) is 0 Å². The summed E-state index contributed by atoms with van der Waals surface area (Å²) in [4.78, 5) is 22.7. The first-order chi connectivity index (χ1) is 9.94. The van der Waals surface area contributed by atoms with E-state index in [4.69, 9.17) is 5.11 Å². The Morgan fingerprint density at radius 2 is 1.86 bits per heavy atom. The van der Waals surface area contributed by atoms with Crippen molar-refractivity contribution in [3.05, 3.63) is 63.7 Å². The summed E-state index contributed by atoms with van der Waals surface area (Å²) < 4.78 is 0. The average molecular weight is 303 g/mol. The summed E-state index contributed by atoms with van der Waals surface area (Å²) in [5.74, 6) is -0.871. The maximum Gasteiger partial charge on any atom is 0.307 e. The molecule has 0 radical (unpaired) electrons. The molecule has 5 nitrogen and oxygen atoms in total. The Kier molecular flexibility index (Phi) is 4.59. The Bertz CT molecular complexity index is 683. The third-order valence-electron chi connectivity index (χ3n) is 2.76. The predicted octanol–water partition coefficient (Wildman–Crippen LogP) is 3.68. The third kappa shape index (κ3) is 4.32. The van der Waals surface area contributed by atoms with Crippen molar-refractivity contribution in [3.63, 3.8) is 0 Å². The molecule has 0 atom stereocenters. The first kappa shape index (κ1) is 15.1. The highest BCUT2D eigenvalue weighted by Gasteiger charge is 2.09. The first-order valence-electron chi connectivity index (χ1n) is 6.19. The summed E-state index contributed by atoms with van der Waals surface area (Å²) in [5, 5.41) is 19.6. The quantitative estimate of drug-likeness (QED) is 0.673. The number of nitro groups is 1. The van der Waals surface area contributed by atoms with Gasteiger partial charge in [-0.25, -0.2) is 0 Å². The minimum absolute atomic E-state index is 0.0130. The zero-order valence-electron chi connectivity index (χ0n) is 11.3. The van der Waals surface area contributed by atoms with E-state index < -0.39 is 10.9 Å². The maximum atomic E-state index is 10.8. The predicted molar refractivity (Wildman–Crippen MR) is 79.7 cm³/mol. The van der Waals surface area contributed by atoms with E-state index in [-0.39, 0.29) is 12.1 Å². The topological polar surface area (TPSA) is 80.4 Å². The minimum Gasteiger partial charge on any atom is -0.481 e. The molecular weight excluding hydrogens is 290 g/mol. The van der Waals surface area contributed by atoms with Gasteiger partial charge in [0.15, 0.2) is 0 Å². The second kappa shape index (κ2) is 6.41. The van der Waals surface area contributed by atoms with Crippen LogP contribution in [0.2, 0.25) is 0 Å². The molecule has 0 aliphatic carbocycles. The van der Waals surface area contributed by atoms with Crippen molar-refractivity contribution in [3.8, 4) is 0 Å². The fourth-order valence-electron chi connectivity index (χ4n) is 1.88. The van der Waals surface area contributed by atoms with Crippen molar-refractivity contribution in [2.75, 3.05) is 0 Å². The summed E-state index contributed by atoms with van der Waals surface area (Å²) in [6, 6.07) is 12.1. The van der Waals surface area contributed by atoms with Gasteiger partial charge in [0.25, 0.3) is 5.69 Å². The van der Waals surface area contributed by atoms with E-state index in [0.29, 0.717) is 0 Å². The molecule has 0 spiro atoms. The summed E-state index contributed by atoms with van der Waals surface area (Å²) in [6.45, 7) is 1.81. The number of non-ortho nitro benzene ring substituents is 1. The van der Waals surface area contributed by atoms with E-state index in [9.17, 15) is 14.9 Å². The molecule has 0 amide bonds. The fraction of sp³-hybridized carbons (Fsp3) is 0.133. The standard InChI is InChI=1S/C15H13NO4S/c1-10-6-12(16(19)20)9-14(7-10)21-13-4-2-11(3-5-13)8-15(17)18/h2-7,9H,8H2,1H3,(H,17,18). The number of nitrogens with zero attached hydrogens (tertiary/aromatic N) is 1. The Hall–Kier alpha value is -2.34. The summed E-state index contributed by atoms with van der Waals surface area (Å²) in [7, 11) is 0.